The minimum absolute atomic E-state index is 0.108. The second-order valence-electron chi connectivity index (χ2n) is 4.84. The number of rotatable bonds is 5. The first-order chi connectivity index (χ1) is 9.99. The predicted octanol–water partition coefficient (Wildman–Crippen LogP) is 3.57. The van der Waals surface area contributed by atoms with Gasteiger partial charge in [0.2, 0.25) is 0 Å². The first-order valence-electron chi connectivity index (χ1n) is 6.42. The van der Waals surface area contributed by atoms with E-state index >= 15 is 0 Å². The summed E-state index contributed by atoms with van der Waals surface area (Å²) < 4.78 is 13.3. The maximum Gasteiger partial charge on any atom is 0.262 e. The van der Waals surface area contributed by atoms with Crippen molar-refractivity contribution < 1.29 is 9.18 Å². The number of benzene rings is 1. The summed E-state index contributed by atoms with van der Waals surface area (Å²) in [5.74, 6) is -0.495. The van der Waals surface area contributed by atoms with Gasteiger partial charge in [0.1, 0.15) is 10.7 Å². The number of hydrogen-bond acceptors (Lipinski definition) is 3. The third-order valence-corrected chi connectivity index (χ3v) is 4.48. The molecule has 0 aliphatic rings. The van der Waals surface area contributed by atoms with Gasteiger partial charge >= 0.3 is 0 Å². The highest BCUT2D eigenvalue weighted by atomic mass is 35.5. The molecule has 1 atom stereocenters. The van der Waals surface area contributed by atoms with E-state index in [2.05, 4.69) is 5.32 Å². The van der Waals surface area contributed by atoms with Crippen molar-refractivity contribution in [2.75, 3.05) is 20.6 Å². The third-order valence-electron chi connectivity index (χ3n) is 3.14. The highest BCUT2D eigenvalue weighted by Gasteiger charge is 2.18. The second-order valence-corrected chi connectivity index (χ2v) is 6.17. The number of amides is 1. The van der Waals surface area contributed by atoms with Gasteiger partial charge in [0, 0.05) is 6.54 Å². The zero-order valence-electron chi connectivity index (χ0n) is 11.8. The molecule has 3 nitrogen and oxygen atoms in total. The van der Waals surface area contributed by atoms with Crippen LogP contribution >= 0.6 is 22.9 Å². The Morgan fingerprint density at radius 2 is 2.19 bits per heavy atom. The van der Waals surface area contributed by atoms with E-state index in [0.717, 1.165) is 5.56 Å². The molecule has 1 aromatic carbocycles. The number of halogens is 2. The normalized spacial score (nSPS) is 12.4. The highest BCUT2D eigenvalue weighted by molar-refractivity contribution is 7.12. The molecule has 21 heavy (non-hydrogen) atoms. The van der Waals surface area contributed by atoms with Crippen LogP contribution < -0.4 is 5.32 Å². The Kier molecular flexibility index (Phi) is 5.33. The van der Waals surface area contributed by atoms with Gasteiger partial charge in [-0.3, -0.25) is 4.79 Å². The smallest absolute Gasteiger partial charge is 0.262 e. The van der Waals surface area contributed by atoms with Crippen molar-refractivity contribution in [3.8, 4) is 0 Å². The third kappa shape index (κ3) is 4.03. The fourth-order valence-electron chi connectivity index (χ4n) is 2.04. The molecule has 0 spiro atoms. The number of carbonyl (C=O) groups is 1. The molecule has 0 bridgehead atoms. The summed E-state index contributed by atoms with van der Waals surface area (Å²) in [6.07, 6.45) is 0. The van der Waals surface area contributed by atoms with Crippen LogP contribution in [0.3, 0.4) is 0 Å². The van der Waals surface area contributed by atoms with Gasteiger partial charge in [-0.2, -0.15) is 0 Å². The van der Waals surface area contributed by atoms with Crippen LogP contribution in [0.1, 0.15) is 21.3 Å². The Balaban J connectivity index is 2.08. The van der Waals surface area contributed by atoms with E-state index in [9.17, 15) is 9.18 Å². The molecule has 1 heterocycles. The van der Waals surface area contributed by atoms with Gasteiger partial charge in [0.05, 0.1) is 11.1 Å². The van der Waals surface area contributed by atoms with Gasteiger partial charge in [0.15, 0.2) is 0 Å². The number of nitrogens with zero attached hydrogens (tertiary/aromatic N) is 1. The number of hydrogen-bond donors (Lipinski definition) is 1. The fourth-order valence-corrected chi connectivity index (χ4v) is 3.10. The summed E-state index contributed by atoms with van der Waals surface area (Å²) in [6, 6.07) is 7.98. The predicted molar refractivity (Wildman–Crippen MR) is 84.5 cm³/mol. The summed E-state index contributed by atoms with van der Waals surface area (Å²) in [5, 5.41) is 5.07. The Bertz CT molecular complexity index is 630. The van der Waals surface area contributed by atoms with Crippen molar-refractivity contribution in [1.82, 2.24) is 10.2 Å². The van der Waals surface area contributed by atoms with Crippen LogP contribution in [0.5, 0.6) is 0 Å². The standard InChI is InChI=1S/C15H16ClFN2OS/c1-19(2)13(10-4-3-5-11(17)8-10)9-18-15(20)14-12(16)6-7-21-14/h3-8,13H,9H2,1-2H3,(H,18,20)/t13-/m1/s1. The number of nitrogens with one attached hydrogen (secondary N) is 1. The molecule has 0 radical (unpaired) electrons. The summed E-state index contributed by atoms with van der Waals surface area (Å²) in [4.78, 5) is 14.5. The van der Waals surface area contributed by atoms with Crippen molar-refractivity contribution in [1.29, 1.82) is 0 Å². The van der Waals surface area contributed by atoms with Crippen LogP contribution in [-0.2, 0) is 0 Å². The summed E-state index contributed by atoms with van der Waals surface area (Å²) in [6.45, 7) is 0.378. The van der Waals surface area contributed by atoms with Crippen molar-refractivity contribution in [3.05, 3.63) is 57.0 Å². The SMILES string of the molecule is CN(C)[C@H](CNC(=O)c1sccc1Cl)c1cccc(F)c1. The molecule has 0 aliphatic carbocycles. The summed E-state index contributed by atoms with van der Waals surface area (Å²) >= 11 is 7.24. The average molecular weight is 327 g/mol. The molecule has 6 heteroatoms. The lowest BCUT2D eigenvalue weighted by Gasteiger charge is -2.25. The molecule has 2 aromatic rings. The maximum atomic E-state index is 13.3. The van der Waals surface area contributed by atoms with E-state index in [4.69, 9.17) is 11.6 Å². The first-order valence-corrected chi connectivity index (χ1v) is 7.68. The zero-order valence-corrected chi connectivity index (χ0v) is 13.3. The van der Waals surface area contributed by atoms with Crippen LogP contribution in [0.25, 0.3) is 0 Å². The molecule has 0 saturated heterocycles. The number of carbonyl (C=O) groups excluding carboxylic acids is 1. The second kappa shape index (κ2) is 7.02. The zero-order chi connectivity index (χ0) is 15.4. The minimum Gasteiger partial charge on any atom is -0.349 e. The topological polar surface area (TPSA) is 32.3 Å². The van der Waals surface area contributed by atoms with Crippen molar-refractivity contribution in [2.24, 2.45) is 0 Å². The van der Waals surface area contributed by atoms with E-state index in [1.165, 1.54) is 23.5 Å². The maximum absolute atomic E-state index is 13.3. The van der Waals surface area contributed by atoms with E-state index in [0.29, 0.717) is 16.4 Å². The largest absolute Gasteiger partial charge is 0.349 e. The molecule has 0 saturated carbocycles. The molecule has 1 aromatic heterocycles. The lowest BCUT2D eigenvalue weighted by Crippen LogP contribution is -2.34. The molecular weight excluding hydrogens is 311 g/mol. The molecule has 2 rings (SSSR count). The molecule has 112 valence electrons. The lowest BCUT2D eigenvalue weighted by atomic mass is 10.1. The number of likely N-dealkylation sites (N-methyl/N-ethyl adjacent to an activating group) is 1. The minimum atomic E-state index is -0.285. The van der Waals surface area contributed by atoms with Crippen LogP contribution in [-0.4, -0.2) is 31.4 Å². The van der Waals surface area contributed by atoms with Crippen LogP contribution in [0.4, 0.5) is 4.39 Å². The van der Waals surface area contributed by atoms with Crippen LogP contribution in [0.2, 0.25) is 5.02 Å². The van der Waals surface area contributed by atoms with E-state index in [1.54, 1.807) is 17.5 Å². The van der Waals surface area contributed by atoms with Gasteiger partial charge in [-0.25, -0.2) is 4.39 Å². The van der Waals surface area contributed by atoms with Gasteiger partial charge < -0.3 is 10.2 Å². The Morgan fingerprint density at radius 3 is 2.76 bits per heavy atom. The van der Waals surface area contributed by atoms with Crippen molar-refractivity contribution in [3.63, 3.8) is 0 Å². The Labute approximate surface area is 132 Å². The van der Waals surface area contributed by atoms with Gasteiger partial charge in [0.25, 0.3) is 5.91 Å². The van der Waals surface area contributed by atoms with Gasteiger partial charge in [-0.1, -0.05) is 23.7 Å². The molecule has 0 aliphatic heterocycles. The molecule has 0 fully saturated rings. The first kappa shape index (κ1) is 15.9. The van der Waals surface area contributed by atoms with E-state index < -0.39 is 0 Å². The number of thiophene rings is 1. The molecule has 0 unspecified atom stereocenters. The Morgan fingerprint density at radius 1 is 1.43 bits per heavy atom. The molecule has 1 amide bonds. The van der Waals surface area contributed by atoms with Gasteiger partial charge in [-0.15, -0.1) is 11.3 Å². The lowest BCUT2D eigenvalue weighted by molar-refractivity contribution is 0.0946. The van der Waals surface area contributed by atoms with Crippen LogP contribution in [0.15, 0.2) is 35.7 Å². The fraction of sp³-hybridized carbons (Fsp3) is 0.267. The van der Waals surface area contributed by atoms with Crippen LogP contribution in [0, 0.1) is 5.82 Å². The quantitative estimate of drug-likeness (QED) is 0.911. The van der Waals surface area contributed by atoms with Crippen molar-refractivity contribution >= 4 is 28.8 Å². The van der Waals surface area contributed by atoms with Gasteiger partial charge in [-0.05, 0) is 43.2 Å². The summed E-state index contributed by atoms with van der Waals surface area (Å²) in [5.41, 5.74) is 0.817. The van der Waals surface area contributed by atoms with E-state index in [-0.39, 0.29) is 17.8 Å². The average Bonchev–Trinajstić information content (AvgIpc) is 2.85. The molecule has 1 N–H and O–H groups in total. The van der Waals surface area contributed by atoms with E-state index in [1.807, 2.05) is 25.1 Å². The Hall–Kier alpha value is -1.43. The monoisotopic (exact) mass is 326 g/mol. The highest BCUT2D eigenvalue weighted by Crippen LogP contribution is 2.22. The van der Waals surface area contributed by atoms with Crippen molar-refractivity contribution in [2.45, 2.75) is 6.04 Å². The summed E-state index contributed by atoms with van der Waals surface area (Å²) in [7, 11) is 3.78. The molecular formula is C15H16ClFN2OS.